The van der Waals surface area contributed by atoms with Gasteiger partial charge in [0.2, 0.25) is 5.91 Å². The van der Waals surface area contributed by atoms with Crippen LogP contribution in [0.15, 0.2) is 24.3 Å². The zero-order valence-corrected chi connectivity index (χ0v) is 11.0. The van der Waals surface area contributed by atoms with E-state index >= 15 is 0 Å². The second kappa shape index (κ2) is 8.13. The van der Waals surface area contributed by atoms with Gasteiger partial charge in [0.25, 0.3) is 0 Å². The minimum Gasteiger partial charge on any atom is -0.492 e. The molecule has 0 aromatic heterocycles. The standard InChI is InChI=1S/C14H19NO4/c1-11-4-2-5-12(10-11)19-9-8-15-13(16)6-3-7-14(17)18/h2,4-5,10H,3,6-9H2,1H3,(H,15,16)(H,17,18). The van der Waals surface area contributed by atoms with E-state index in [2.05, 4.69) is 5.32 Å². The highest BCUT2D eigenvalue weighted by atomic mass is 16.5. The summed E-state index contributed by atoms with van der Waals surface area (Å²) >= 11 is 0. The van der Waals surface area contributed by atoms with Crippen molar-refractivity contribution < 1.29 is 19.4 Å². The van der Waals surface area contributed by atoms with Crippen LogP contribution in [0.25, 0.3) is 0 Å². The molecule has 0 unspecified atom stereocenters. The summed E-state index contributed by atoms with van der Waals surface area (Å²) in [6, 6.07) is 7.68. The summed E-state index contributed by atoms with van der Waals surface area (Å²) in [5, 5.41) is 11.1. The van der Waals surface area contributed by atoms with E-state index in [4.69, 9.17) is 9.84 Å². The van der Waals surface area contributed by atoms with Crippen molar-refractivity contribution in [3.05, 3.63) is 29.8 Å². The molecule has 0 bridgehead atoms. The highest BCUT2D eigenvalue weighted by Crippen LogP contribution is 2.11. The molecule has 19 heavy (non-hydrogen) atoms. The molecule has 1 aromatic carbocycles. The topological polar surface area (TPSA) is 75.6 Å². The molecule has 0 heterocycles. The largest absolute Gasteiger partial charge is 0.492 e. The average Bonchev–Trinajstić information content (AvgIpc) is 2.34. The third-order valence-electron chi connectivity index (χ3n) is 2.48. The third kappa shape index (κ3) is 7.08. The molecular formula is C14H19NO4. The van der Waals surface area contributed by atoms with Gasteiger partial charge in [-0.3, -0.25) is 9.59 Å². The lowest BCUT2D eigenvalue weighted by Crippen LogP contribution is -2.27. The molecular weight excluding hydrogens is 246 g/mol. The lowest BCUT2D eigenvalue weighted by atomic mass is 10.2. The van der Waals surface area contributed by atoms with Crippen molar-refractivity contribution in [2.75, 3.05) is 13.2 Å². The predicted molar refractivity (Wildman–Crippen MR) is 71.2 cm³/mol. The van der Waals surface area contributed by atoms with Crippen LogP contribution < -0.4 is 10.1 Å². The van der Waals surface area contributed by atoms with Crippen LogP contribution in [0.1, 0.15) is 24.8 Å². The first-order valence-electron chi connectivity index (χ1n) is 6.26. The number of carbonyl (C=O) groups excluding carboxylic acids is 1. The summed E-state index contributed by atoms with van der Waals surface area (Å²) in [5.74, 6) is -0.246. The van der Waals surface area contributed by atoms with E-state index < -0.39 is 5.97 Å². The van der Waals surface area contributed by atoms with E-state index in [-0.39, 0.29) is 18.7 Å². The molecule has 1 rings (SSSR count). The third-order valence-corrected chi connectivity index (χ3v) is 2.48. The molecule has 5 heteroatoms. The first-order chi connectivity index (χ1) is 9.08. The maximum atomic E-state index is 11.3. The fraction of sp³-hybridized carbons (Fsp3) is 0.429. The van der Waals surface area contributed by atoms with Gasteiger partial charge in [0.1, 0.15) is 12.4 Å². The first kappa shape index (κ1) is 15.0. The molecule has 104 valence electrons. The summed E-state index contributed by atoms with van der Waals surface area (Å²) in [6.07, 6.45) is 0.615. The summed E-state index contributed by atoms with van der Waals surface area (Å²) in [4.78, 5) is 21.6. The number of ether oxygens (including phenoxy) is 1. The van der Waals surface area contributed by atoms with Crippen molar-refractivity contribution in [2.24, 2.45) is 0 Å². The molecule has 0 fully saturated rings. The Morgan fingerprint density at radius 3 is 2.79 bits per heavy atom. The molecule has 5 nitrogen and oxygen atoms in total. The van der Waals surface area contributed by atoms with Gasteiger partial charge in [-0.1, -0.05) is 12.1 Å². The van der Waals surface area contributed by atoms with Gasteiger partial charge in [0.15, 0.2) is 0 Å². The first-order valence-corrected chi connectivity index (χ1v) is 6.26. The summed E-state index contributed by atoms with van der Waals surface area (Å²) < 4.78 is 5.47. The lowest BCUT2D eigenvalue weighted by Gasteiger charge is -2.08. The van der Waals surface area contributed by atoms with Crippen molar-refractivity contribution in [3.63, 3.8) is 0 Å². The Morgan fingerprint density at radius 2 is 2.11 bits per heavy atom. The highest BCUT2D eigenvalue weighted by Gasteiger charge is 2.03. The van der Waals surface area contributed by atoms with E-state index in [0.29, 0.717) is 19.6 Å². The number of carbonyl (C=O) groups is 2. The van der Waals surface area contributed by atoms with Crippen LogP contribution in [-0.4, -0.2) is 30.1 Å². The van der Waals surface area contributed by atoms with Crippen molar-refractivity contribution in [1.82, 2.24) is 5.32 Å². The zero-order chi connectivity index (χ0) is 14.1. The van der Waals surface area contributed by atoms with Crippen molar-refractivity contribution in [1.29, 1.82) is 0 Å². The molecule has 1 amide bonds. The van der Waals surface area contributed by atoms with Crippen LogP contribution >= 0.6 is 0 Å². The Morgan fingerprint density at radius 1 is 1.32 bits per heavy atom. The van der Waals surface area contributed by atoms with E-state index in [0.717, 1.165) is 11.3 Å². The zero-order valence-electron chi connectivity index (χ0n) is 11.0. The average molecular weight is 265 g/mol. The highest BCUT2D eigenvalue weighted by molar-refractivity contribution is 5.76. The number of hydrogen-bond donors (Lipinski definition) is 2. The van der Waals surface area contributed by atoms with Crippen LogP contribution in [0, 0.1) is 6.92 Å². The van der Waals surface area contributed by atoms with E-state index in [1.54, 1.807) is 0 Å². The molecule has 0 atom stereocenters. The Balaban J connectivity index is 2.10. The van der Waals surface area contributed by atoms with Gasteiger partial charge in [-0.2, -0.15) is 0 Å². The van der Waals surface area contributed by atoms with Gasteiger partial charge in [-0.05, 0) is 31.0 Å². The summed E-state index contributed by atoms with van der Waals surface area (Å²) in [5.41, 5.74) is 1.12. The number of carboxylic acids is 1. The monoisotopic (exact) mass is 265 g/mol. The lowest BCUT2D eigenvalue weighted by molar-refractivity contribution is -0.137. The Hall–Kier alpha value is -2.04. The molecule has 0 radical (unpaired) electrons. The number of nitrogens with one attached hydrogen (secondary N) is 1. The number of amides is 1. The minimum atomic E-state index is -0.879. The minimum absolute atomic E-state index is 0.0210. The van der Waals surface area contributed by atoms with Crippen LogP contribution in [-0.2, 0) is 9.59 Å². The predicted octanol–water partition coefficient (Wildman–Crippen LogP) is 1.74. The molecule has 1 aromatic rings. The maximum absolute atomic E-state index is 11.3. The molecule has 0 spiro atoms. The number of aliphatic carboxylic acids is 1. The number of aryl methyl sites for hydroxylation is 1. The van der Waals surface area contributed by atoms with Gasteiger partial charge in [0, 0.05) is 12.8 Å². The Kier molecular flexibility index (Phi) is 6.43. The Labute approximate surface area is 112 Å². The molecule has 0 saturated carbocycles. The molecule has 0 aliphatic rings. The van der Waals surface area contributed by atoms with E-state index in [1.807, 2.05) is 31.2 Å². The van der Waals surface area contributed by atoms with Crippen LogP contribution in [0.5, 0.6) is 5.75 Å². The van der Waals surface area contributed by atoms with Crippen molar-refractivity contribution in [2.45, 2.75) is 26.2 Å². The van der Waals surface area contributed by atoms with Gasteiger partial charge in [-0.15, -0.1) is 0 Å². The van der Waals surface area contributed by atoms with Crippen LogP contribution in [0.3, 0.4) is 0 Å². The maximum Gasteiger partial charge on any atom is 0.303 e. The van der Waals surface area contributed by atoms with Gasteiger partial charge < -0.3 is 15.2 Å². The molecule has 2 N–H and O–H groups in total. The fourth-order valence-electron chi connectivity index (χ4n) is 1.55. The van der Waals surface area contributed by atoms with E-state index in [9.17, 15) is 9.59 Å². The smallest absolute Gasteiger partial charge is 0.303 e. The molecule has 0 aliphatic carbocycles. The Bertz CT molecular complexity index is 431. The van der Waals surface area contributed by atoms with Crippen LogP contribution in [0.4, 0.5) is 0 Å². The number of benzene rings is 1. The second-order valence-corrected chi connectivity index (χ2v) is 4.26. The van der Waals surface area contributed by atoms with Gasteiger partial charge >= 0.3 is 5.97 Å². The molecule has 0 aliphatic heterocycles. The quantitative estimate of drug-likeness (QED) is 0.702. The second-order valence-electron chi connectivity index (χ2n) is 4.26. The SMILES string of the molecule is Cc1cccc(OCCNC(=O)CCCC(=O)O)c1. The van der Waals surface area contributed by atoms with Gasteiger partial charge in [-0.25, -0.2) is 0 Å². The summed E-state index contributed by atoms with van der Waals surface area (Å²) in [6.45, 7) is 2.80. The fourth-order valence-corrected chi connectivity index (χ4v) is 1.55. The summed E-state index contributed by atoms with van der Waals surface area (Å²) in [7, 11) is 0. The number of rotatable bonds is 8. The number of carboxylic acid groups (broad SMARTS) is 1. The van der Waals surface area contributed by atoms with Crippen molar-refractivity contribution >= 4 is 11.9 Å². The molecule has 0 saturated heterocycles. The normalized spacial score (nSPS) is 9.95. The number of hydrogen-bond acceptors (Lipinski definition) is 3. The van der Waals surface area contributed by atoms with Crippen LogP contribution in [0.2, 0.25) is 0 Å². The van der Waals surface area contributed by atoms with E-state index in [1.165, 1.54) is 0 Å². The van der Waals surface area contributed by atoms with Crippen molar-refractivity contribution in [3.8, 4) is 5.75 Å². The van der Waals surface area contributed by atoms with Gasteiger partial charge in [0.05, 0.1) is 6.54 Å².